The number of amides is 1. The standard InChI is InChI=1S/C29H32N4O5S/c1-18-5-8-21(9-6-18)24-16-23(29(34)30-13-11-20-7-10-25(37-3)26(15-20)38-4)27-19(2)32-33(28(27)31-24)22-12-14-39(35,36)17-22/h5-10,15-16,22H,11-14,17H2,1-4H3,(H,30,34). The fraction of sp³-hybridized carbons (Fsp3) is 0.345. The van der Waals surface area contributed by atoms with Crippen molar-refractivity contribution >= 4 is 26.8 Å². The van der Waals surface area contributed by atoms with E-state index in [9.17, 15) is 13.2 Å². The van der Waals surface area contributed by atoms with Crippen LogP contribution in [-0.2, 0) is 16.3 Å². The molecule has 1 aliphatic heterocycles. The summed E-state index contributed by atoms with van der Waals surface area (Å²) in [5.74, 6) is 1.19. The molecule has 1 aliphatic rings. The van der Waals surface area contributed by atoms with Crippen LogP contribution in [-0.4, -0.2) is 61.4 Å². The molecule has 0 saturated carbocycles. The zero-order chi connectivity index (χ0) is 27.7. The van der Waals surface area contributed by atoms with E-state index in [4.69, 9.17) is 14.5 Å². The number of ether oxygens (including phenoxy) is 2. The van der Waals surface area contributed by atoms with E-state index < -0.39 is 9.84 Å². The lowest BCUT2D eigenvalue weighted by atomic mass is 10.0. The second-order valence-electron chi connectivity index (χ2n) is 9.90. The van der Waals surface area contributed by atoms with Gasteiger partial charge in [0.05, 0.1) is 54.1 Å². The van der Waals surface area contributed by atoms with Crippen LogP contribution in [0.15, 0.2) is 48.5 Å². The van der Waals surface area contributed by atoms with Crippen molar-refractivity contribution in [3.63, 3.8) is 0 Å². The summed E-state index contributed by atoms with van der Waals surface area (Å²) < 4.78 is 36.8. The zero-order valence-corrected chi connectivity index (χ0v) is 23.3. The molecule has 204 valence electrons. The lowest BCUT2D eigenvalue weighted by molar-refractivity contribution is 0.0955. The van der Waals surface area contributed by atoms with Crippen molar-refractivity contribution in [2.45, 2.75) is 32.7 Å². The van der Waals surface area contributed by atoms with Gasteiger partial charge in [-0.2, -0.15) is 5.10 Å². The minimum absolute atomic E-state index is 0.0203. The van der Waals surface area contributed by atoms with Gasteiger partial charge in [-0.3, -0.25) is 4.79 Å². The van der Waals surface area contributed by atoms with E-state index in [1.165, 1.54) is 0 Å². The number of nitrogens with one attached hydrogen (secondary N) is 1. The van der Waals surface area contributed by atoms with Crippen LogP contribution in [0.5, 0.6) is 11.5 Å². The summed E-state index contributed by atoms with van der Waals surface area (Å²) in [4.78, 5) is 18.5. The number of carbonyl (C=O) groups excluding carboxylic acids is 1. The first-order valence-corrected chi connectivity index (χ1v) is 14.7. The summed E-state index contributed by atoms with van der Waals surface area (Å²) in [6.45, 7) is 4.25. The van der Waals surface area contributed by atoms with Crippen molar-refractivity contribution in [1.29, 1.82) is 0 Å². The molecule has 1 atom stereocenters. The highest BCUT2D eigenvalue weighted by Crippen LogP contribution is 2.32. The van der Waals surface area contributed by atoms with Crippen molar-refractivity contribution in [3.8, 4) is 22.8 Å². The summed E-state index contributed by atoms with van der Waals surface area (Å²) >= 11 is 0. The van der Waals surface area contributed by atoms with Crippen molar-refractivity contribution in [2.75, 3.05) is 32.3 Å². The molecule has 10 heteroatoms. The van der Waals surface area contributed by atoms with Crippen LogP contribution in [0.2, 0.25) is 0 Å². The molecular weight excluding hydrogens is 516 g/mol. The van der Waals surface area contributed by atoms with Gasteiger partial charge < -0.3 is 14.8 Å². The minimum Gasteiger partial charge on any atom is -0.493 e. The van der Waals surface area contributed by atoms with Crippen LogP contribution in [0.1, 0.15) is 39.6 Å². The quantitative estimate of drug-likeness (QED) is 0.353. The number of benzene rings is 2. The van der Waals surface area contributed by atoms with Crippen molar-refractivity contribution in [2.24, 2.45) is 0 Å². The number of rotatable bonds is 8. The molecule has 0 bridgehead atoms. The topological polar surface area (TPSA) is 112 Å². The Balaban J connectivity index is 1.49. The van der Waals surface area contributed by atoms with Crippen LogP contribution >= 0.6 is 0 Å². The molecular formula is C29H32N4O5S. The van der Waals surface area contributed by atoms with E-state index in [2.05, 4.69) is 10.4 Å². The summed E-state index contributed by atoms with van der Waals surface area (Å²) in [6.07, 6.45) is 1.07. The van der Waals surface area contributed by atoms with E-state index >= 15 is 0 Å². The number of sulfone groups is 1. The van der Waals surface area contributed by atoms with Crippen LogP contribution in [0.3, 0.4) is 0 Å². The number of fused-ring (bicyclic) bond motifs is 1. The average molecular weight is 549 g/mol. The molecule has 0 spiro atoms. The maximum absolute atomic E-state index is 13.6. The molecule has 1 amide bonds. The molecule has 0 radical (unpaired) electrons. The second-order valence-corrected chi connectivity index (χ2v) is 12.1. The Hall–Kier alpha value is -3.92. The molecule has 9 nitrogen and oxygen atoms in total. The normalized spacial score (nSPS) is 16.4. The van der Waals surface area contributed by atoms with Crippen molar-refractivity contribution in [1.82, 2.24) is 20.1 Å². The molecule has 0 aliphatic carbocycles. The van der Waals surface area contributed by atoms with Gasteiger partial charge in [0.15, 0.2) is 27.0 Å². The predicted octanol–water partition coefficient (Wildman–Crippen LogP) is 4.06. The lowest BCUT2D eigenvalue weighted by Gasteiger charge is -2.13. The molecule has 1 N–H and O–H groups in total. The summed E-state index contributed by atoms with van der Waals surface area (Å²) in [6, 6.07) is 15.1. The summed E-state index contributed by atoms with van der Waals surface area (Å²) in [5.41, 5.74) is 5.25. The van der Waals surface area contributed by atoms with Gasteiger partial charge in [0.1, 0.15) is 0 Å². The van der Waals surface area contributed by atoms with Gasteiger partial charge in [-0.05, 0) is 50.5 Å². The van der Waals surface area contributed by atoms with E-state index in [1.54, 1.807) is 25.0 Å². The summed E-state index contributed by atoms with van der Waals surface area (Å²) in [7, 11) is 0.0525. The smallest absolute Gasteiger partial charge is 0.252 e. The van der Waals surface area contributed by atoms with Crippen LogP contribution < -0.4 is 14.8 Å². The molecule has 2 aromatic heterocycles. The first kappa shape index (κ1) is 26.7. The van der Waals surface area contributed by atoms with Crippen molar-refractivity contribution in [3.05, 3.63) is 70.9 Å². The monoisotopic (exact) mass is 548 g/mol. The fourth-order valence-corrected chi connectivity index (χ4v) is 6.73. The first-order valence-electron chi connectivity index (χ1n) is 12.9. The van der Waals surface area contributed by atoms with E-state index in [1.807, 2.05) is 56.3 Å². The SMILES string of the molecule is COc1ccc(CCNC(=O)c2cc(-c3ccc(C)cc3)nc3c2c(C)nn3C2CCS(=O)(=O)C2)cc1OC. The highest BCUT2D eigenvalue weighted by atomic mass is 32.2. The van der Waals surface area contributed by atoms with E-state index in [0.717, 1.165) is 16.7 Å². The van der Waals surface area contributed by atoms with E-state index in [0.29, 0.717) is 58.9 Å². The zero-order valence-electron chi connectivity index (χ0n) is 22.5. The van der Waals surface area contributed by atoms with Crippen LogP contribution in [0.4, 0.5) is 0 Å². The number of hydrogen-bond acceptors (Lipinski definition) is 7. The van der Waals surface area contributed by atoms with Gasteiger partial charge in [-0.15, -0.1) is 0 Å². The number of methoxy groups -OCH3 is 2. The predicted molar refractivity (Wildman–Crippen MR) is 150 cm³/mol. The number of aryl methyl sites for hydroxylation is 2. The van der Waals surface area contributed by atoms with Crippen molar-refractivity contribution < 1.29 is 22.7 Å². The third-order valence-corrected chi connectivity index (χ3v) is 8.88. The largest absolute Gasteiger partial charge is 0.493 e. The maximum atomic E-state index is 13.6. The molecule has 1 saturated heterocycles. The summed E-state index contributed by atoms with van der Waals surface area (Å²) in [5, 5.41) is 8.36. The molecule has 2 aromatic carbocycles. The Morgan fingerprint density at radius 3 is 2.46 bits per heavy atom. The fourth-order valence-electron chi connectivity index (χ4n) is 5.04. The van der Waals surface area contributed by atoms with Gasteiger partial charge >= 0.3 is 0 Å². The van der Waals surface area contributed by atoms with Gasteiger partial charge in [-0.1, -0.05) is 35.9 Å². The van der Waals surface area contributed by atoms with Gasteiger partial charge in [0, 0.05) is 12.1 Å². The van der Waals surface area contributed by atoms with Crippen LogP contribution in [0.25, 0.3) is 22.3 Å². The molecule has 39 heavy (non-hydrogen) atoms. The molecule has 5 rings (SSSR count). The number of pyridine rings is 1. The molecule has 1 unspecified atom stereocenters. The van der Waals surface area contributed by atoms with E-state index in [-0.39, 0.29) is 23.5 Å². The Morgan fingerprint density at radius 1 is 1.05 bits per heavy atom. The second kappa shape index (κ2) is 10.7. The van der Waals surface area contributed by atoms with Gasteiger partial charge in [0.25, 0.3) is 5.91 Å². The Morgan fingerprint density at radius 2 is 1.79 bits per heavy atom. The highest BCUT2D eigenvalue weighted by Gasteiger charge is 2.32. The molecule has 1 fully saturated rings. The number of nitrogens with zero attached hydrogens (tertiary/aromatic N) is 3. The molecule has 3 heterocycles. The minimum atomic E-state index is -3.13. The first-order chi connectivity index (χ1) is 18.7. The number of carbonyl (C=O) groups is 1. The van der Waals surface area contributed by atoms with Crippen LogP contribution in [0, 0.1) is 13.8 Å². The third kappa shape index (κ3) is 5.47. The maximum Gasteiger partial charge on any atom is 0.252 e. The average Bonchev–Trinajstić information content (AvgIpc) is 3.46. The van der Waals surface area contributed by atoms with Gasteiger partial charge in [0.2, 0.25) is 0 Å². The Bertz CT molecular complexity index is 1640. The lowest BCUT2D eigenvalue weighted by Crippen LogP contribution is -2.26. The number of hydrogen-bond donors (Lipinski definition) is 1. The highest BCUT2D eigenvalue weighted by molar-refractivity contribution is 7.91. The number of aromatic nitrogens is 3. The Labute approximate surface area is 228 Å². The Kier molecular flexibility index (Phi) is 7.31. The van der Waals surface area contributed by atoms with Gasteiger partial charge in [-0.25, -0.2) is 18.1 Å². The third-order valence-electron chi connectivity index (χ3n) is 7.13. The molecule has 4 aromatic rings.